The van der Waals surface area contributed by atoms with Crippen LogP contribution in [0.25, 0.3) is 0 Å². The molecule has 2 N–H and O–H groups in total. The van der Waals surface area contributed by atoms with Gasteiger partial charge in [-0.25, -0.2) is 0 Å². The average molecular weight is 196 g/mol. The molecule has 0 atom stereocenters. The molecule has 0 spiro atoms. The quantitative estimate of drug-likeness (QED) is 0.709. The number of aliphatic hydroxyl groups is 1. The van der Waals surface area contributed by atoms with Crippen molar-refractivity contribution in [3.8, 4) is 11.5 Å². The van der Waals surface area contributed by atoms with Crippen molar-refractivity contribution >= 4 is 0 Å². The van der Waals surface area contributed by atoms with E-state index in [9.17, 15) is 5.11 Å². The normalized spacial score (nSPS) is 10.1. The summed E-state index contributed by atoms with van der Waals surface area (Å²) in [6.45, 7) is 2.60. The van der Waals surface area contributed by atoms with Crippen LogP contribution in [0.3, 0.4) is 0 Å². The fourth-order valence-electron chi connectivity index (χ4n) is 1.11. The summed E-state index contributed by atoms with van der Waals surface area (Å²) in [4.78, 5) is 0. The SMILES string of the molecule is CCCCOc1ccc(O)c(CO)c1. The van der Waals surface area contributed by atoms with Crippen LogP contribution in [-0.2, 0) is 6.61 Å². The lowest BCUT2D eigenvalue weighted by Gasteiger charge is -2.07. The highest BCUT2D eigenvalue weighted by Gasteiger charge is 2.01. The van der Waals surface area contributed by atoms with Crippen molar-refractivity contribution in [2.75, 3.05) is 6.61 Å². The Kier molecular flexibility index (Phi) is 4.26. The molecule has 0 aliphatic rings. The zero-order valence-corrected chi connectivity index (χ0v) is 8.36. The first-order chi connectivity index (χ1) is 6.77. The molecule has 3 nitrogen and oxygen atoms in total. The third kappa shape index (κ3) is 2.92. The van der Waals surface area contributed by atoms with Crippen molar-refractivity contribution in [1.29, 1.82) is 0 Å². The van der Waals surface area contributed by atoms with Gasteiger partial charge >= 0.3 is 0 Å². The maximum absolute atomic E-state index is 9.29. The number of unbranched alkanes of at least 4 members (excludes halogenated alkanes) is 1. The van der Waals surface area contributed by atoms with Crippen LogP contribution in [-0.4, -0.2) is 16.8 Å². The molecule has 78 valence electrons. The summed E-state index contributed by atoms with van der Waals surface area (Å²) in [7, 11) is 0. The van der Waals surface area contributed by atoms with E-state index < -0.39 is 0 Å². The van der Waals surface area contributed by atoms with E-state index in [1.165, 1.54) is 6.07 Å². The van der Waals surface area contributed by atoms with Crippen LogP contribution in [0.5, 0.6) is 11.5 Å². The number of phenols is 1. The van der Waals surface area contributed by atoms with E-state index in [-0.39, 0.29) is 12.4 Å². The van der Waals surface area contributed by atoms with E-state index in [1.807, 2.05) is 0 Å². The van der Waals surface area contributed by atoms with Gasteiger partial charge in [-0.3, -0.25) is 0 Å². The molecule has 1 rings (SSSR count). The fraction of sp³-hybridized carbons (Fsp3) is 0.455. The van der Waals surface area contributed by atoms with Crippen molar-refractivity contribution in [3.05, 3.63) is 23.8 Å². The third-order valence-electron chi connectivity index (χ3n) is 1.99. The number of ether oxygens (including phenoxy) is 1. The highest BCUT2D eigenvalue weighted by atomic mass is 16.5. The van der Waals surface area contributed by atoms with Crippen LogP contribution in [0.4, 0.5) is 0 Å². The van der Waals surface area contributed by atoms with Crippen molar-refractivity contribution in [3.63, 3.8) is 0 Å². The van der Waals surface area contributed by atoms with E-state index in [0.29, 0.717) is 17.9 Å². The predicted octanol–water partition coefficient (Wildman–Crippen LogP) is 2.06. The fourth-order valence-corrected chi connectivity index (χ4v) is 1.11. The van der Waals surface area contributed by atoms with E-state index in [2.05, 4.69) is 6.92 Å². The lowest BCUT2D eigenvalue weighted by molar-refractivity contribution is 0.272. The predicted molar refractivity (Wildman–Crippen MR) is 54.4 cm³/mol. The molecular formula is C11H16O3. The third-order valence-corrected chi connectivity index (χ3v) is 1.99. The Labute approximate surface area is 84.0 Å². The van der Waals surface area contributed by atoms with Gasteiger partial charge in [-0.1, -0.05) is 13.3 Å². The number of rotatable bonds is 5. The minimum Gasteiger partial charge on any atom is -0.508 e. The first-order valence-corrected chi connectivity index (χ1v) is 4.83. The number of aromatic hydroxyl groups is 1. The molecule has 0 aromatic heterocycles. The van der Waals surface area contributed by atoms with Gasteiger partial charge in [0.15, 0.2) is 0 Å². The van der Waals surface area contributed by atoms with Crippen LogP contribution in [0, 0.1) is 0 Å². The standard InChI is InChI=1S/C11H16O3/c1-2-3-6-14-10-4-5-11(13)9(7-10)8-12/h4-5,7,12-13H,2-3,6,8H2,1H3. The molecule has 0 aliphatic carbocycles. The summed E-state index contributed by atoms with van der Waals surface area (Å²) in [5, 5.41) is 18.2. The van der Waals surface area contributed by atoms with Crippen molar-refractivity contribution in [1.82, 2.24) is 0 Å². The molecule has 1 aromatic rings. The van der Waals surface area contributed by atoms with Gasteiger partial charge in [0.2, 0.25) is 0 Å². The maximum Gasteiger partial charge on any atom is 0.121 e. The molecule has 0 aliphatic heterocycles. The second kappa shape index (κ2) is 5.50. The van der Waals surface area contributed by atoms with Gasteiger partial charge in [0.05, 0.1) is 13.2 Å². The molecule has 3 heteroatoms. The maximum atomic E-state index is 9.29. The zero-order chi connectivity index (χ0) is 10.4. The van der Waals surface area contributed by atoms with Gasteiger partial charge < -0.3 is 14.9 Å². The molecule has 0 heterocycles. The summed E-state index contributed by atoms with van der Waals surface area (Å²) in [5.41, 5.74) is 0.499. The van der Waals surface area contributed by atoms with Crippen molar-refractivity contribution in [2.45, 2.75) is 26.4 Å². The van der Waals surface area contributed by atoms with Crippen LogP contribution in [0.2, 0.25) is 0 Å². The monoisotopic (exact) mass is 196 g/mol. The van der Waals surface area contributed by atoms with Crippen molar-refractivity contribution in [2.24, 2.45) is 0 Å². The van der Waals surface area contributed by atoms with Crippen molar-refractivity contribution < 1.29 is 14.9 Å². The Bertz CT molecular complexity index is 284. The summed E-state index contributed by atoms with van der Waals surface area (Å²) < 4.78 is 5.42. The van der Waals surface area contributed by atoms with Crippen LogP contribution >= 0.6 is 0 Å². The summed E-state index contributed by atoms with van der Waals surface area (Å²) >= 11 is 0. The van der Waals surface area contributed by atoms with Crippen LogP contribution in [0.1, 0.15) is 25.3 Å². The van der Waals surface area contributed by atoms with Crippen LogP contribution < -0.4 is 4.74 Å². The van der Waals surface area contributed by atoms with Gasteiger partial charge in [0.1, 0.15) is 11.5 Å². The van der Waals surface area contributed by atoms with Gasteiger partial charge in [-0.2, -0.15) is 0 Å². The molecule has 0 radical (unpaired) electrons. The summed E-state index contributed by atoms with van der Waals surface area (Å²) in [6.07, 6.45) is 2.10. The highest BCUT2D eigenvalue weighted by Crippen LogP contribution is 2.22. The Hall–Kier alpha value is -1.22. The Morgan fingerprint density at radius 1 is 1.36 bits per heavy atom. The molecule has 0 saturated heterocycles. The molecule has 0 amide bonds. The molecule has 0 bridgehead atoms. The van der Waals surface area contributed by atoms with Crippen LogP contribution in [0.15, 0.2) is 18.2 Å². The molecule has 1 aromatic carbocycles. The number of hydrogen-bond donors (Lipinski definition) is 2. The first kappa shape index (κ1) is 10.9. The van der Waals surface area contributed by atoms with E-state index in [0.717, 1.165) is 12.8 Å². The lowest BCUT2D eigenvalue weighted by Crippen LogP contribution is -1.97. The molecule has 0 fully saturated rings. The lowest BCUT2D eigenvalue weighted by atomic mass is 10.2. The highest BCUT2D eigenvalue weighted by molar-refractivity contribution is 5.38. The smallest absolute Gasteiger partial charge is 0.121 e. The average Bonchev–Trinajstić information content (AvgIpc) is 2.21. The molecule has 0 unspecified atom stereocenters. The Morgan fingerprint density at radius 2 is 2.14 bits per heavy atom. The Balaban J connectivity index is 2.60. The van der Waals surface area contributed by atoms with Gasteiger partial charge in [0.25, 0.3) is 0 Å². The van der Waals surface area contributed by atoms with Gasteiger partial charge in [0, 0.05) is 5.56 Å². The van der Waals surface area contributed by atoms with E-state index >= 15 is 0 Å². The second-order valence-corrected chi connectivity index (χ2v) is 3.15. The minimum atomic E-state index is -0.170. The molecule has 0 saturated carbocycles. The van der Waals surface area contributed by atoms with Gasteiger partial charge in [-0.15, -0.1) is 0 Å². The van der Waals surface area contributed by atoms with E-state index in [4.69, 9.17) is 9.84 Å². The summed E-state index contributed by atoms with van der Waals surface area (Å²) in [5.74, 6) is 0.802. The minimum absolute atomic E-state index is 0.107. The molecule has 14 heavy (non-hydrogen) atoms. The number of benzene rings is 1. The zero-order valence-electron chi connectivity index (χ0n) is 8.36. The number of aliphatic hydroxyl groups excluding tert-OH is 1. The second-order valence-electron chi connectivity index (χ2n) is 3.15. The summed E-state index contributed by atoms with van der Waals surface area (Å²) in [6, 6.07) is 4.89. The number of hydrogen-bond acceptors (Lipinski definition) is 3. The van der Waals surface area contributed by atoms with Gasteiger partial charge in [-0.05, 0) is 24.6 Å². The first-order valence-electron chi connectivity index (χ1n) is 4.83. The topological polar surface area (TPSA) is 49.7 Å². The van der Waals surface area contributed by atoms with E-state index in [1.54, 1.807) is 12.1 Å². The molecular weight excluding hydrogens is 180 g/mol. The largest absolute Gasteiger partial charge is 0.508 e. The Morgan fingerprint density at radius 3 is 2.79 bits per heavy atom.